The van der Waals surface area contributed by atoms with E-state index in [0.717, 1.165) is 0 Å². The molecule has 18 heavy (non-hydrogen) atoms. The Kier molecular flexibility index (Phi) is 3.90. The Morgan fingerprint density at radius 1 is 1.50 bits per heavy atom. The highest BCUT2D eigenvalue weighted by molar-refractivity contribution is 5.91. The van der Waals surface area contributed by atoms with Crippen LogP contribution >= 0.6 is 0 Å². The average molecular weight is 247 g/mol. The van der Waals surface area contributed by atoms with Crippen molar-refractivity contribution >= 4 is 11.6 Å². The molecule has 1 saturated carbocycles. The van der Waals surface area contributed by atoms with Gasteiger partial charge in [-0.15, -0.1) is 0 Å². The maximum Gasteiger partial charge on any atom is 0.225 e. The van der Waals surface area contributed by atoms with E-state index in [1.165, 1.54) is 31.0 Å². The molecule has 0 bridgehead atoms. The van der Waals surface area contributed by atoms with Crippen molar-refractivity contribution in [2.75, 3.05) is 11.9 Å². The van der Waals surface area contributed by atoms with E-state index in [0.29, 0.717) is 24.7 Å². The number of carbonyl (C=O) groups is 1. The quantitative estimate of drug-likeness (QED) is 0.833. The molecular weight excluding hydrogens is 233 g/mol. The summed E-state index contributed by atoms with van der Waals surface area (Å²) in [6.07, 6.45) is 2.74. The Labute approximate surface area is 105 Å². The Morgan fingerprint density at radius 3 is 2.94 bits per heavy atom. The van der Waals surface area contributed by atoms with E-state index in [4.69, 9.17) is 5.26 Å². The Hall–Kier alpha value is -1.93. The average Bonchev–Trinajstić information content (AvgIpc) is 3.15. The first-order chi connectivity index (χ1) is 8.69. The smallest absolute Gasteiger partial charge is 0.225 e. The third kappa shape index (κ3) is 3.54. The standard InChI is InChI=1S/C13H14FN3O/c14-12-4-3-11(7-9(12)8-15)17-13(18)5-6-16-10-1-2-10/h3-4,7,10,16H,1-2,5-6H2,(H,17,18). The Morgan fingerprint density at radius 2 is 2.28 bits per heavy atom. The van der Waals surface area contributed by atoms with Crippen LogP contribution in [0.15, 0.2) is 18.2 Å². The van der Waals surface area contributed by atoms with Gasteiger partial charge in [0.2, 0.25) is 5.91 Å². The number of rotatable bonds is 5. The molecule has 0 aromatic heterocycles. The van der Waals surface area contributed by atoms with E-state index < -0.39 is 5.82 Å². The van der Waals surface area contributed by atoms with Gasteiger partial charge in [-0.1, -0.05) is 0 Å². The van der Waals surface area contributed by atoms with E-state index in [2.05, 4.69) is 10.6 Å². The molecule has 0 spiro atoms. The number of anilines is 1. The van der Waals surface area contributed by atoms with Crippen LogP contribution in [0, 0.1) is 17.1 Å². The van der Waals surface area contributed by atoms with Crippen LogP contribution < -0.4 is 10.6 Å². The molecule has 5 heteroatoms. The highest BCUT2D eigenvalue weighted by atomic mass is 19.1. The second kappa shape index (κ2) is 5.61. The summed E-state index contributed by atoms with van der Waals surface area (Å²) in [4.78, 5) is 11.6. The third-order valence-electron chi connectivity index (χ3n) is 2.73. The largest absolute Gasteiger partial charge is 0.326 e. The van der Waals surface area contributed by atoms with Gasteiger partial charge in [-0.05, 0) is 31.0 Å². The summed E-state index contributed by atoms with van der Waals surface area (Å²) in [5.41, 5.74) is 0.383. The molecule has 0 aliphatic heterocycles. The van der Waals surface area contributed by atoms with E-state index in [-0.39, 0.29) is 11.5 Å². The molecule has 1 aliphatic carbocycles. The van der Waals surface area contributed by atoms with Gasteiger partial charge in [-0.3, -0.25) is 4.79 Å². The fourth-order valence-corrected chi connectivity index (χ4v) is 1.59. The van der Waals surface area contributed by atoms with Crippen LogP contribution in [-0.4, -0.2) is 18.5 Å². The highest BCUT2D eigenvalue weighted by Gasteiger charge is 2.20. The first kappa shape index (κ1) is 12.5. The van der Waals surface area contributed by atoms with Crippen LogP contribution in [0.25, 0.3) is 0 Å². The summed E-state index contributed by atoms with van der Waals surface area (Å²) in [5.74, 6) is -0.718. The molecule has 2 N–H and O–H groups in total. The number of hydrogen-bond acceptors (Lipinski definition) is 3. The molecule has 1 aromatic carbocycles. The first-order valence-electron chi connectivity index (χ1n) is 5.92. The van der Waals surface area contributed by atoms with Gasteiger partial charge >= 0.3 is 0 Å². The van der Waals surface area contributed by atoms with Crippen molar-refractivity contribution in [2.24, 2.45) is 0 Å². The summed E-state index contributed by atoms with van der Waals surface area (Å²) in [7, 11) is 0. The number of carbonyl (C=O) groups excluding carboxylic acids is 1. The second-order valence-electron chi connectivity index (χ2n) is 4.33. The lowest BCUT2D eigenvalue weighted by Crippen LogP contribution is -2.23. The number of nitriles is 1. The zero-order chi connectivity index (χ0) is 13.0. The lowest BCUT2D eigenvalue weighted by molar-refractivity contribution is -0.116. The van der Waals surface area contributed by atoms with Gasteiger partial charge in [0.1, 0.15) is 11.9 Å². The predicted octanol–water partition coefficient (Wildman–Crippen LogP) is 1.78. The maximum absolute atomic E-state index is 13.1. The number of benzene rings is 1. The van der Waals surface area contributed by atoms with Crippen LogP contribution in [0.1, 0.15) is 24.8 Å². The molecule has 94 valence electrons. The molecule has 1 aliphatic rings. The summed E-state index contributed by atoms with van der Waals surface area (Å²) in [6.45, 7) is 0.642. The van der Waals surface area contributed by atoms with Gasteiger partial charge in [-0.25, -0.2) is 4.39 Å². The molecular formula is C13H14FN3O. The lowest BCUT2D eigenvalue weighted by Gasteiger charge is -2.06. The first-order valence-corrected chi connectivity index (χ1v) is 5.92. The van der Waals surface area contributed by atoms with Crippen LogP contribution in [0.5, 0.6) is 0 Å². The molecule has 0 radical (unpaired) electrons. The molecule has 0 atom stereocenters. The number of amides is 1. The normalized spacial score (nSPS) is 14.0. The van der Waals surface area contributed by atoms with Gasteiger partial charge in [0.25, 0.3) is 0 Å². The molecule has 0 unspecified atom stereocenters. The van der Waals surface area contributed by atoms with Gasteiger partial charge in [0.05, 0.1) is 5.56 Å². The molecule has 0 saturated heterocycles. The monoisotopic (exact) mass is 247 g/mol. The zero-order valence-electron chi connectivity index (χ0n) is 9.87. The van der Waals surface area contributed by atoms with Crippen molar-refractivity contribution in [3.63, 3.8) is 0 Å². The zero-order valence-corrected chi connectivity index (χ0v) is 9.87. The van der Waals surface area contributed by atoms with Crippen molar-refractivity contribution in [2.45, 2.75) is 25.3 Å². The minimum atomic E-state index is -0.578. The van der Waals surface area contributed by atoms with Gasteiger partial charge in [0.15, 0.2) is 0 Å². The topological polar surface area (TPSA) is 64.9 Å². The second-order valence-corrected chi connectivity index (χ2v) is 4.33. The predicted molar refractivity (Wildman–Crippen MR) is 65.4 cm³/mol. The van der Waals surface area contributed by atoms with Crippen LogP contribution in [0.2, 0.25) is 0 Å². The van der Waals surface area contributed by atoms with Crippen molar-refractivity contribution in [3.05, 3.63) is 29.6 Å². The summed E-state index contributed by atoms with van der Waals surface area (Å²) in [5, 5.41) is 14.5. The number of nitrogens with one attached hydrogen (secondary N) is 2. The number of halogens is 1. The van der Waals surface area contributed by atoms with Gasteiger partial charge in [0, 0.05) is 24.7 Å². The SMILES string of the molecule is N#Cc1cc(NC(=O)CCNC2CC2)ccc1F. The van der Waals surface area contributed by atoms with E-state index in [9.17, 15) is 9.18 Å². The van der Waals surface area contributed by atoms with Crippen molar-refractivity contribution in [1.82, 2.24) is 5.32 Å². The molecule has 1 aromatic rings. The van der Waals surface area contributed by atoms with Crippen LogP contribution in [-0.2, 0) is 4.79 Å². The van der Waals surface area contributed by atoms with Crippen LogP contribution in [0.4, 0.5) is 10.1 Å². The third-order valence-corrected chi connectivity index (χ3v) is 2.73. The summed E-state index contributed by atoms with van der Waals surface area (Å²) < 4.78 is 13.1. The van der Waals surface area contributed by atoms with Crippen molar-refractivity contribution < 1.29 is 9.18 Å². The summed E-state index contributed by atoms with van der Waals surface area (Å²) in [6, 6.07) is 6.27. The fraction of sp³-hybridized carbons (Fsp3) is 0.385. The fourth-order valence-electron chi connectivity index (χ4n) is 1.59. The molecule has 1 fully saturated rings. The van der Waals surface area contributed by atoms with Crippen LogP contribution in [0.3, 0.4) is 0 Å². The Bertz CT molecular complexity index is 491. The minimum Gasteiger partial charge on any atom is -0.326 e. The van der Waals surface area contributed by atoms with Gasteiger partial charge in [-0.2, -0.15) is 5.26 Å². The van der Waals surface area contributed by atoms with Crippen molar-refractivity contribution in [1.29, 1.82) is 5.26 Å². The van der Waals surface area contributed by atoms with E-state index in [1.54, 1.807) is 6.07 Å². The lowest BCUT2D eigenvalue weighted by atomic mass is 10.2. The maximum atomic E-state index is 13.1. The molecule has 1 amide bonds. The molecule has 4 nitrogen and oxygen atoms in total. The van der Waals surface area contributed by atoms with Crippen molar-refractivity contribution in [3.8, 4) is 6.07 Å². The van der Waals surface area contributed by atoms with Gasteiger partial charge < -0.3 is 10.6 Å². The van der Waals surface area contributed by atoms with E-state index >= 15 is 0 Å². The number of hydrogen-bond donors (Lipinski definition) is 2. The Balaban J connectivity index is 1.84. The summed E-state index contributed by atoms with van der Waals surface area (Å²) >= 11 is 0. The highest BCUT2D eigenvalue weighted by Crippen LogP contribution is 2.18. The minimum absolute atomic E-state index is 0.0658. The molecule has 2 rings (SSSR count). The molecule has 0 heterocycles. The van der Waals surface area contributed by atoms with E-state index in [1.807, 2.05) is 0 Å². The number of nitrogens with zero attached hydrogens (tertiary/aromatic N) is 1.